The van der Waals surface area contributed by atoms with E-state index in [0.29, 0.717) is 11.6 Å². The summed E-state index contributed by atoms with van der Waals surface area (Å²) in [6.07, 6.45) is 1.03. The smallest absolute Gasteiger partial charge is 0.222 e. The molecule has 0 aliphatic heterocycles. The summed E-state index contributed by atoms with van der Waals surface area (Å²) in [7, 11) is 0. The highest BCUT2D eigenvalue weighted by Crippen LogP contribution is 2.14. The van der Waals surface area contributed by atoms with Crippen LogP contribution in [0.15, 0.2) is 30.5 Å². The van der Waals surface area contributed by atoms with E-state index >= 15 is 0 Å². The molecule has 0 saturated heterocycles. The van der Waals surface area contributed by atoms with Gasteiger partial charge in [-0.1, -0.05) is 23.7 Å². The summed E-state index contributed by atoms with van der Waals surface area (Å²) in [5.41, 5.74) is 6.30. The number of nitrogens with one attached hydrogen (secondary N) is 1. The molecule has 2 rings (SSSR count). The molecule has 1 aromatic carbocycles. The predicted octanol–water partition coefficient (Wildman–Crippen LogP) is 2.46. The largest absolute Gasteiger partial charge is 0.368 e. The molecule has 3 N–H and O–H groups in total. The van der Waals surface area contributed by atoms with Crippen LogP contribution in [0.3, 0.4) is 0 Å². The Morgan fingerprint density at radius 1 is 1.41 bits per heavy atom. The first-order valence-electron chi connectivity index (χ1n) is 4.91. The van der Waals surface area contributed by atoms with Crippen molar-refractivity contribution in [2.24, 2.45) is 0 Å². The van der Waals surface area contributed by atoms with Crippen LogP contribution in [0.25, 0.3) is 0 Å². The van der Waals surface area contributed by atoms with Gasteiger partial charge in [0.2, 0.25) is 5.95 Å². The van der Waals surface area contributed by atoms with Crippen LogP contribution in [0.5, 0.6) is 0 Å². The number of hydrogen-bond acceptors (Lipinski definition) is 4. The van der Waals surface area contributed by atoms with Gasteiger partial charge in [0.05, 0.1) is 6.20 Å². The third-order valence-electron chi connectivity index (χ3n) is 2.11. The third-order valence-corrected chi connectivity index (χ3v) is 2.35. The molecule has 0 aliphatic carbocycles. The Kier molecular flexibility index (Phi) is 3.39. The van der Waals surface area contributed by atoms with E-state index in [9.17, 15) is 4.39 Å². The Hall–Kier alpha value is -1.88. The Balaban J connectivity index is 2.09. The van der Waals surface area contributed by atoms with Gasteiger partial charge in [0.1, 0.15) is 0 Å². The minimum Gasteiger partial charge on any atom is -0.368 e. The van der Waals surface area contributed by atoms with E-state index in [1.807, 2.05) is 12.1 Å². The fraction of sp³-hybridized carbons (Fsp3) is 0.0909. The number of anilines is 2. The number of benzene rings is 1. The van der Waals surface area contributed by atoms with Gasteiger partial charge in [-0.25, -0.2) is 9.37 Å². The average Bonchev–Trinajstić information content (AvgIpc) is 2.30. The van der Waals surface area contributed by atoms with Crippen molar-refractivity contribution in [3.63, 3.8) is 0 Å². The zero-order chi connectivity index (χ0) is 12.3. The summed E-state index contributed by atoms with van der Waals surface area (Å²) in [5, 5.41) is 3.46. The van der Waals surface area contributed by atoms with E-state index in [-0.39, 0.29) is 11.8 Å². The number of nitrogens with two attached hydrogens (primary N) is 1. The molecule has 0 saturated carbocycles. The maximum atomic E-state index is 13.3. The standard InChI is InChI=1S/C11H10ClFN4/c12-8-3-1-2-7(4-8)5-15-10-9(13)6-16-11(14)17-10/h1-4,6H,5H2,(H3,14,15,16,17). The van der Waals surface area contributed by atoms with Crippen LogP contribution in [-0.2, 0) is 6.54 Å². The molecule has 0 fully saturated rings. The third kappa shape index (κ3) is 3.04. The molecule has 1 heterocycles. The first-order chi connectivity index (χ1) is 8.15. The summed E-state index contributed by atoms with van der Waals surface area (Å²) >= 11 is 5.84. The summed E-state index contributed by atoms with van der Waals surface area (Å²) in [6.45, 7) is 0.411. The lowest BCUT2D eigenvalue weighted by molar-refractivity contribution is 0.617. The van der Waals surface area contributed by atoms with Crippen molar-refractivity contribution in [1.29, 1.82) is 0 Å². The monoisotopic (exact) mass is 252 g/mol. The molecule has 0 spiro atoms. The highest BCUT2D eigenvalue weighted by atomic mass is 35.5. The van der Waals surface area contributed by atoms with Crippen LogP contribution in [0.4, 0.5) is 16.2 Å². The van der Waals surface area contributed by atoms with Gasteiger partial charge in [0.15, 0.2) is 11.6 Å². The minimum atomic E-state index is -0.541. The van der Waals surface area contributed by atoms with Gasteiger partial charge in [-0.3, -0.25) is 0 Å². The summed E-state index contributed by atoms with van der Waals surface area (Å²) in [6, 6.07) is 7.26. The fourth-order valence-electron chi connectivity index (χ4n) is 1.34. The number of aromatic nitrogens is 2. The van der Waals surface area contributed by atoms with Gasteiger partial charge in [-0.05, 0) is 17.7 Å². The summed E-state index contributed by atoms with van der Waals surface area (Å²) in [4.78, 5) is 7.30. The van der Waals surface area contributed by atoms with Crippen molar-refractivity contribution in [2.45, 2.75) is 6.54 Å². The lowest BCUT2D eigenvalue weighted by atomic mass is 10.2. The topological polar surface area (TPSA) is 63.8 Å². The molecule has 88 valence electrons. The van der Waals surface area contributed by atoms with E-state index in [0.717, 1.165) is 11.8 Å². The first kappa shape index (κ1) is 11.6. The predicted molar refractivity (Wildman–Crippen MR) is 65.2 cm³/mol. The second-order valence-corrected chi connectivity index (χ2v) is 3.84. The molecule has 0 radical (unpaired) electrons. The van der Waals surface area contributed by atoms with E-state index in [1.54, 1.807) is 12.1 Å². The van der Waals surface area contributed by atoms with E-state index in [1.165, 1.54) is 0 Å². The van der Waals surface area contributed by atoms with Crippen LogP contribution in [0.2, 0.25) is 5.02 Å². The van der Waals surface area contributed by atoms with Crippen molar-refractivity contribution in [1.82, 2.24) is 9.97 Å². The summed E-state index contributed by atoms with van der Waals surface area (Å²) < 4.78 is 13.3. The lowest BCUT2D eigenvalue weighted by Gasteiger charge is -2.07. The van der Waals surface area contributed by atoms with Gasteiger partial charge < -0.3 is 11.1 Å². The van der Waals surface area contributed by atoms with Gasteiger partial charge >= 0.3 is 0 Å². The SMILES string of the molecule is Nc1ncc(F)c(NCc2cccc(Cl)c2)n1. The second kappa shape index (κ2) is 4.97. The number of rotatable bonds is 3. The molecular formula is C11H10ClFN4. The molecule has 0 unspecified atom stereocenters. The molecule has 0 amide bonds. The number of nitrogen functional groups attached to an aromatic ring is 1. The molecule has 0 aliphatic rings. The quantitative estimate of drug-likeness (QED) is 0.881. The van der Waals surface area contributed by atoms with Crippen LogP contribution in [-0.4, -0.2) is 9.97 Å². The lowest BCUT2D eigenvalue weighted by Crippen LogP contribution is -2.06. The number of nitrogens with zero attached hydrogens (tertiary/aromatic N) is 2. The normalized spacial score (nSPS) is 10.2. The van der Waals surface area contributed by atoms with Gasteiger partial charge in [-0.2, -0.15) is 4.98 Å². The van der Waals surface area contributed by atoms with Crippen LogP contribution < -0.4 is 11.1 Å². The van der Waals surface area contributed by atoms with Crippen molar-refractivity contribution in [3.05, 3.63) is 46.9 Å². The summed E-state index contributed by atoms with van der Waals surface area (Å²) in [5.74, 6) is -0.432. The maximum Gasteiger partial charge on any atom is 0.222 e. The highest BCUT2D eigenvalue weighted by Gasteiger charge is 2.04. The fourth-order valence-corrected chi connectivity index (χ4v) is 1.55. The minimum absolute atomic E-state index is 0.0278. The molecule has 6 heteroatoms. The highest BCUT2D eigenvalue weighted by molar-refractivity contribution is 6.30. The van der Waals surface area contributed by atoms with Crippen LogP contribution >= 0.6 is 11.6 Å². The van der Waals surface area contributed by atoms with E-state index in [2.05, 4.69) is 15.3 Å². The molecule has 4 nitrogen and oxygen atoms in total. The van der Waals surface area contributed by atoms with Crippen molar-refractivity contribution < 1.29 is 4.39 Å². The van der Waals surface area contributed by atoms with Crippen molar-refractivity contribution in [3.8, 4) is 0 Å². The second-order valence-electron chi connectivity index (χ2n) is 3.41. The molecule has 0 atom stereocenters. The molecule has 2 aromatic rings. The molecule has 1 aromatic heterocycles. The van der Waals surface area contributed by atoms with Crippen molar-refractivity contribution in [2.75, 3.05) is 11.1 Å². The van der Waals surface area contributed by atoms with E-state index in [4.69, 9.17) is 17.3 Å². The number of halogens is 2. The number of hydrogen-bond donors (Lipinski definition) is 2. The van der Waals surface area contributed by atoms with Gasteiger partial charge in [-0.15, -0.1) is 0 Å². The van der Waals surface area contributed by atoms with Gasteiger partial charge in [0, 0.05) is 11.6 Å². The van der Waals surface area contributed by atoms with Crippen molar-refractivity contribution >= 4 is 23.4 Å². The molecule has 0 bridgehead atoms. The molecular weight excluding hydrogens is 243 g/mol. The Bertz CT molecular complexity index is 533. The Morgan fingerprint density at radius 2 is 2.24 bits per heavy atom. The van der Waals surface area contributed by atoms with E-state index < -0.39 is 5.82 Å². The molecule has 17 heavy (non-hydrogen) atoms. The Morgan fingerprint density at radius 3 is 3.00 bits per heavy atom. The van der Waals surface area contributed by atoms with Crippen LogP contribution in [0.1, 0.15) is 5.56 Å². The average molecular weight is 253 g/mol. The maximum absolute atomic E-state index is 13.3. The zero-order valence-electron chi connectivity index (χ0n) is 8.82. The first-order valence-corrected chi connectivity index (χ1v) is 5.29. The Labute approximate surface area is 103 Å². The zero-order valence-corrected chi connectivity index (χ0v) is 9.58. The van der Waals surface area contributed by atoms with Gasteiger partial charge in [0.25, 0.3) is 0 Å². The van der Waals surface area contributed by atoms with Crippen LogP contribution in [0, 0.1) is 5.82 Å².